The van der Waals surface area contributed by atoms with E-state index in [1.165, 1.54) is 19.2 Å². The molecule has 7 nitrogen and oxygen atoms in total. The molecule has 1 atom stereocenters. The Bertz CT molecular complexity index is 1070. The number of rotatable bonds is 5. The quantitative estimate of drug-likeness (QED) is 0.417. The summed E-state index contributed by atoms with van der Waals surface area (Å²) in [6, 6.07) is 14.9. The average Bonchev–Trinajstić information content (AvgIpc) is 2.60. The van der Waals surface area contributed by atoms with Gasteiger partial charge in [-0.25, -0.2) is 0 Å². The molecule has 0 spiro atoms. The third kappa shape index (κ3) is 5.58. The van der Waals surface area contributed by atoms with Crippen LogP contribution in [0.15, 0.2) is 59.1 Å². The summed E-state index contributed by atoms with van der Waals surface area (Å²) >= 11 is 3.35. The molecule has 3 aromatic carbocycles. The molecule has 3 aromatic rings. The molecule has 1 amide bonds. The predicted molar refractivity (Wildman–Crippen MR) is 103 cm³/mol. The third-order valence-corrected chi connectivity index (χ3v) is 4.63. The summed E-state index contributed by atoms with van der Waals surface area (Å²) in [6.45, 7) is 0. The Labute approximate surface area is 191 Å². The zero-order valence-electron chi connectivity index (χ0n) is 15.0. The number of halogens is 1. The van der Waals surface area contributed by atoms with Crippen LogP contribution in [-0.2, 0) is 4.57 Å². The Morgan fingerprint density at radius 3 is 2.50 bits per heavy atom. The molecule has 0 bridgehead atoms. The van der Waals surface area contributed by atoms with Crippen LogP contribution in [0.3, 0.4) is 0 Å². The number of amides is 1. The van der Waals surface area contributed by atoms with E-state index in [4.69, 9.17) is 9.63 Å². The van der Waals surface area contributed by atoms with Gasteiger partial charge in [0.05, 0.1) is 18.4 Å². The fourth-order valence-corrected chi connectivity index (χ4v) is 3.34. The Hall–Kier alpha value is -1.38. The standard InChI is InChI=1S/C18H15BrNO6P.Na/c1-25-16-5-3-2-4-15(16)20-18(21)14-9-12-8-13(19)7-6-11(12)10-17(14)26-27(22,23)24;/h2-10H,1H3,(H,20,21)(H2,22,23,24);/q;+1/p-1. The monoisotopic (exact) mass is 473 g/mol. The van der Waals surface area contributed by atoms with Gasteiger partial charge in [-0.15, -0.1) is 0 Å². The second-order valence-electron chi connectivity index (χ2n) is 5.55. The van der Waals surface area contributed by atoms with Crippen molar-refractivity contribution in [2.45, 2.75) is 0 Å². The summed E-state index contributed by atoms with van der Waals surface area (Å²) in [5.74, 6) is -0.462. The number of phosphoric acid groups is 1. The van der Waals surface area contributed by atoms with E-state index in [1.54, 1.807) is 42.5 Å². The van der Waals surface area contributed by atoms with Crippen LogP contribution in [0, 0.1) is 0 Å². The Kier molecular flexibility index (Phi) is 7.70. The van der Waals surface area contributed by atoms with Crippen LogP contribution >= 0.6 is 23.8 Å². The Balaban J connectivity index is 0.00000280. The van der Waals surface area contributed by atoms with Crippen molar-refractivity contribution in [1.29, 1.82) is 0 Å². The molecule has 10 heteroatoms. The van der Waals surface area contributed by atoms with Gasteiger partial charge >= 0.3 is 37.4 Å². The van der Waals surface area contributed by atoms with Crippen LogP contribution < -0.4 is 49.0 Å². The van der Waals surface area contributed by atoms with Crippen LogP contribution in [-0.4, -0.2) is 17.9 Å². The number of anilines is 1. The molecule has 0 heterocycles. The number of hydrogen-bond donors (Lipinski definition) is 2. The molecule has 0 saturated heterocycles. The summed E-state index contributed by atoms with van der Waals surface area (Å²) < 4.78 is 21.8. The van der Waals surface area contributed by atoms with Gasteiger partial charge in [0.1, 0.15) is 11.5 Å². The first-order chi connectivity index (χ1) is 12.8. The molecule has 1 unspecified atom stereocenters. The maximum Gasteiger partial charge on any atom is 1.00 e. The van der Waals surface area contributed by atoms with Crippen molar-refractivity contribution in [1.82, 2.24) is 0 Å². The van der Waals surface area contributed by atoms with Crippen molar-refractivity contribution >= 4 is 46.1 Å². The molecule has 0 aliphatic heterocycles. The number of phosphoric ester groups is 1. The van der Waals surface area contributed by atoms with E-state index in [9.17, 15) is 14.3 Å². The summed E-state index contributed by atoms with van der Waals surface area (Å²) in [4.78, 5) is 33.1. The van der Waals surface area contributed by atoms with Crippen molar-refractivity contribution in [3.05, 3.63) is 64.6 Å². The zero-order chi connectivity index (χ0) is 19.6. The minimum atomic E-state index is -5.10. The molecule has 0 aromatic heterocycles. The summed E-state index contributed by atoms with van der Waals surface area (Å²) in [5.41, 5.74) is 0.344. The minimum Gasteiger partial charge on any atom is -0.746 e. The molecule has 2 N–H and O–H groups in total. The van der Waals surface area contributed by atoms with Gasteiger partial charge in [-0.1, -0.05) is 34.1 Å². The van der Waals surface area contributed by atoms with E-state index >= 15 is 0 Å². The van der Waals surface area contributed by atoms with E-state index in [0.29, 0.717) is 22.2 Å². The van der Waals surface area contributed by atoms with Crippen LogP contribution in [0.5, 0.6) is 11.5 Å². The van der Waals surface area contributed by atoms with Crippen molar-refractivity contribution < 1.29 is 58.0 Å². The first-order valence-electron chi connectivity index (χ1n) is 7.68. The molecule has 0 radical (unpaired) electrons. The molecule has 28 heavy (non-hydrogen) atoms. The normalized spacial score (nSPS) is 12.6. The summed E-state index contributed by atoms with van der Waals surface area (Å²) in [5, 5.41) is 3.97. The number of para-hydroxylation sites is 2. The maximum atomic E-state index is 12.8. The van der Waals surface area contributed by atoms with E-state index in [1.807, 2.05) is 0 Å². The van der Waals surface area contributed by atoms with Gasteiger partial charge in [-0.2, -0.15) is 0 Å². The molecule has 0 fully saturated rings. The van der Waals surface area contributed by atoms with Gasteiger partial charge in [-0.3, -0.25) is 9.36 Å². The van der Waals surface area contributed by atoms with Gasteiger partial charge in [0.15, 0.2) is 0 Å². The average molecular weight is 474 g/mol. The number of hydrogen-bond acceptors (Lipinski definition) is 5. The second kappa shape index (κ2) is 9.41. The first kappa shape index (κ1) is 22.9. The van der Waals surface area contributed by atoms with Gasteiger partial charge in [0.25, 0.3) is 5.91 Å². The van der Waals surface area contributed by atoms with Gasteiger partial charge in [0.2, 0.25) is 0 Å². The largest absolute Gasteiger partial charge is 1.00 e. The van der Waals surface area contributed by atoms with Crippen LogP contribution in [0.1, 0.15) is 10.4 Å². The van der Waals surface area contributed by atoms with Crippen molar-refractivity contribution in [3.63, 3.8) is 0 Å². The van der Waals surface area contributed by atoms with Gasteiger partial charge in [0, 0.05) is 4.47 Å². The Morgan fingerprint density at radius 1 is 1.11 bits per heavy atom. The maximum absolute atomic E-state index is 12.8. The summed E-state index contributed by atoms with van der Waals surface area (Å²) in [6.07, 6.45) is 0. The van der Waals surface area contributed by atoms with Crippen LogP contribution in [0.4, 0.5) is 5.69 Å². The number of benzene rings is 3. The number of nitrogens with one attached hydrogen (secondary N) is 1. The van der Waals surface area contributed by atoms with Crippen molar-refractivity contribution in [3.8, 4) is 11.5 Å². The fraction of sp³-hybridized carbons (Fsp3) is 0.0556. The van der Waals surface area contributed by atoms with Crippen LogP contribution in [0.25, 0.3) is 10.8 Å². The molecule has 3 rings (SSSR count). The molecular formula is C18H14BrNNaO6P. The predicted octanol–water partition coefficient (Wildman–Crippen LogP) is 0.707. The smallest absolute Gasteiger partial charge is 0.746 e. The number of fused-ring (bicyclic) bond motifs is 1. The fourth-order valence-electron chi connectivity index (χ4n) is 2.56. The van der Waals surface area contributed by atoms with Crippen molar-refractivity contribution in [2.24, 2.45) is 0 Å². The zero-order valence-corrected chi connectivity index (χ0v) is 19.5. The van der Waals surface area contributed by atoms with E-state index in [-0.39, 0.29) is 40.9 Å². The molecule has 0 aliphatic rings. The summed E-state index contributed by atoms with van der Waals surface area (Å²) in [7, 11) is -3.64. The first-order valence-corrected chi connectivity index (χ1v) is 9.97. The number of ether oxygens (including phenoxy) is 1. The topological polar surface area (TPSA) is 108 Å². The Morgan fingerprint density at radius 2 is 1.82 bits per heavy atom. The molecule has 0 saturated carbocycles. The number of carbonyl (C=O) groups is 1. The van der Waals surface area contributed by atoms with E-state index in [0.717, 1.165) is 4.47 Å². The SMILES string of the molecule is COc1ccccc1NC(=O)c1cc2cc(Br)ccc2cc1OP(=O)([O-])O.[Na+]. The number of carbonyl (C=O) groups excluding carboxylic acids is 1. The van der Waals surface area contributed by atoms with Gasteiger partial charge < -0.3 is 24.4 Å². The van der Waals surface area contributed by atoms with E-state index < -0.39 is 13.7 Å². The van der Waals surface area contributed by atoms with Crippen molar-refractivity contribution in [2.75, 3.05) is 12.4 Å². The molecule has 0 aliphatic carbocycles. The number of methoxy groups -OCH3 is 1. The molecule has 140 valence electrons. The van der Waals surface area contributed by atoms with Crippen LogP contribution in [0.2, 0.25) is 0 Å². The van der Waals surface area contributed by atoms with E-state index in [2.05, 4.69) is 25.8 Å². The third-order valence-electron chi connectivity index (χ3n) is 3.71. The van der Waals surface area contributed by atoms with Gasteiger partial charge in [-0.05, 0) is 47.2 Å². The minimum absolute atomic E-state index is 0. The second-order valence-corrected chi connectivity index (χ2v) is 7.59. The molecular weight excluding hydrogens is 460 g/mol.